The van der Waals surface area contributed by atoms with Crippen molar-refractivity contribution in [2.45, 2.75) is 38.0 Å². The van der Waals surface area contributed by atoms with E-state index in [0.29, 0.717) is 41.9 Å². The van der Waals surface area contributed by atoms with Gasteiger partial charge in [0.05, 0.1) is 9.77 Å². The normalized spacial score (nSPS) is 17.1. The van der Waals surface area contributed by atoms with Crippen molar-refractivity contribution in [1.82, 2.24) is 9.21 Å². The largest absolute Gasteiger partial charge is 0.335 e. The maximum Gasteiger partial charge on any atom is 0.264 e. The van der Waals surface area contributed by atoms with E-state index in [-0.39, 0.29) is 5.91 Å². The Kier molecular flexibility index (Phi) is 6.03. The highest BCUT2D eigenvalue weighted by Gasteiger charge is 2.30. The van der Waals surface area contributed by atoms with E-state index >= 15 is 0 Å². The molecular formula is C20H26N2O3S2. The van der Waals surface area contributed by atoms with Gasteiger partial charge in [-0.05, 0) is 49.1 Å². The van der Waals surface area contributed by atoms with Crippen molar-refractivity contribution >= 4 is 27.3 Å². The Hall–Kier alpha value is -1.70. The van der Waals surface area contributed by atoms with Gasteiger partial charge >= 0.3 is 0 Å². The van der Waals surface area contributed by atoms with Gasteiger partial charge in [0, 0.05) is 31.1 Å². The van der Waals surface area contributed by atoms with E-state index < -0.39 is 10.0 Å². The zero-order chi connectivity index (χ0) is 19.6. The van der Waals surface area contributed by atoms with Crippen LogP contribution in [0, 0.1) is 6.92 Å². The first-order chi connectivity index (χ1) is 12.8. The van der Waals surface area contributed by atoms with Crippen molar-refractivity contribution < 1.29 is 13.2 Å². The second kappa shape index (κ2) is 8.12. The standard InChI is InChI=1S/C20H26N2O3S2/c1-4-15(2)17-6-8-18(9-7-17)27(24,25)22-13-11-21(12-14-22)20(23)19-10-5-16(3)26-19/h5-10,15H,4,11-14H2,1-3H3/t15-/m0/s1. The lowest BCUT2D eigenvalue weighted by Crippen LogP contribution is -2.50. The molecular weight excluding hydrogens is 380 g/mol. The van der Waals surface area contributed by atoms with Crippen LogP contribution in [0.4, 0.5) is 0 Å². The van der Waals surface area contributed by atoms with E-state index in [9.17, 15) is 13.2 Å². The maximum absolute atomic E-state index is 12.9. The number of benzene rings is 1. The van der Waals surface area contributed by atoms with Gasteiger partial charge in [-0.2, -0.15) is 4.31 Å². The van der Waals surface area contributed by atoms with Crippen LogP contribution < -0.4 is 0 Å². The van der Waals surface area contributed by atoms with Gasteiger partial charge in [0.25, 0.3) is 5.91 Å². The van der Waals surface area contributed by atoms with Gasteiger partial charge in [-0.3, -0.25) is 4.79 Å². The fourth-order valence-corrected chi connectivity index (χ4v) is 5.45. The Morgan fingerprint density at radius 2 is 1.70 bits per heavy atom. The van der Waals surface area contributed by atoms with Crippen molar-refractivity contribution in [2.75, 3.05) is 26.2 Å². The summed E-state index contributed by atoms with van der Waals surface area (Å²) in [7, 11) is -3.52. The number of carbonyl (C=O) groups excluding carboxylic acids is 1. The lowest BCUT2D eigenvalue weighted by molar-refractivity contribution is 0.0703. The molecule has 1 aromatic carbocycles. The summed E-state index contributed by atoms with van der Waals surface area (Å²) in [6, 6.07) is 11.0. The van der Waals surface area contributed by atoms with Gasteiger partial charge < -0.3 is 4.90 Å². The number of hydrogen-bond donors (Lipinski definition) is 0. The molecule has 7 heteroatoms. The Morgan fingerprint density at radius 3 is 2.22 bits per heavy atom. The molecule has 5 nitrogen and oxygen atoms in total. The minimum absolute atomic E-state index is 0.0111. The summed E-state index contributed by atoms with van der Waals surface area (Å²) in [5.74, 6) is 0.403. The van der Waals surface area contributed by atoms with Gasteiger partial charge in [0.1, 0.15) is 0 Å². The van der Waals surface area contributed by atoms with Crippen molar-refractivity contribution in [3.63, 3.8) is 0 Å². The highest BCUT2D eigenvalue weighted by Crippen LogP contribution is 2.24. The summed E-state index contributed by atoms with van der Waals surface area (Å²) in [5.41, 5.74) is 1.15. The molecule has 2 aromatic rings. The van der Waals surface area contributed by atoms with Crippen LogP contribution in [0.2, 0.25) is 0 Å². The molecule has 0 spiro atoms. The summed E-state index contributed by atoms with van der Waals surface area (Å²) in [6.45, 7) is 7.71. The molecule has 1 aromatic heterocycles. The number of rotatable bonds is 5. The highest BCUT2D eigenvalue weighted by molar-refractivity contribution is 7.89. The summed E-state index contributed by atoms with van der Waals surface area (Å²) in [4.78, 5) is 16.4. The molecule has 1 aliphatic rings. The third-order valence-electron chi connectivity index (χ3n) is 5.18. The molecule has 0 N–H and O–H groups in total. The van der Waals surface area contributed by atoms with Crippen LogP contribution in [0.25, 0.3) is 0 Å². The molecule has 0 unspecified atom stereocenters. The topological polar surface area (TPSA) is 57.7 Å². The first-order valence-corrected chi connectivity index (χ1v) is 11.5. The second-order valence-corrected chi connectivity index (χ2v) is 10.2. The Labute approximate surface area is 165 Å². The van der Waals surface area contributed by atoms with Crippen LogP contribution >= 0.6 is 11.3 Å². The molecule has 0 radical (unpaired) electrons. The first kappa shape index (κ1) is 20.0. The molecule has 1 saturated heterocycles. The van der Waals surface area contributed by atoms with E-state index in [1.165, 1.54) is 15.6 Å². The number of thiophene rings is 1. The molecule has 3 rings (SSSR count). The van der Waals surface area contributed by atoms with Crippen molar-refractivity contribution in [1.29, 1.82) is 0 Å². The molecule has 1 amide bonds. The molecule has 27 heavy (non-hydrogen) atoms. The van der Waals surface area contributed by atoms with Crippen molar-refractivity contribution in [2.24, 2.45) is 0 Å². The lowest BCUT2D eigenvalue weighted by atomic mass is 9.99. The van der Waals surface area contributed by atoms with E-state index in [2.05, 4.69) is 13.8 Å². The van der Waals surface area contributed by atoms with E-state index in [0.717, 1.165) is 16.9 Å². The van der Waals surface area contributed by atoms with Crippen LogP contribution in [-0.4, -0.2) is 49.7 Å². The monoisotopic (exact) mass is 406 g/mol. The van der Waals surface area contributed by atoms with Gasteiger partial charge in [0.2, 0.25) is 10.0 Å². The molecule has 0 saturated carbocycles. The van der Waals surface area contributed by atoms with Gasteiger partial charge in [-0.1, -0.05) is 26.0 Å². The van der Waals surface area contributed by atoms with Crippen LogP contribution in [-0.2, 0) is 10.0 Å². The molecule has 1 fully saturated rings. The number of nitrogens with zero attached hydrogens (tertiary/aromatic N) is 2. The number of sulfonamides is 1. The van der Waals surface area contributed by atoms with E-state index in [4.69, 9.17) is 0 Å². The number of amides is 1. The second-order valence-electron chi connectivity index (χ2n) is 6.98. The molecule has 2 heterocycles. The Bertz CT molecular complexity index is 896. The smallest absolute Gasteiger partial charge is 0.264 e. The third-order valence-corrected chi connectivity index (χ3v) is 8.08. The average Bonchev–Trinajstić information content (AvgIpc) is 3.13. The zero-order valence-corrected chi connectivity index (χ0v) is 17.6. The van der Waals surface area contributed by atoms with Crippen molar-refractivity contribution in [3.05, 3.63) is 51.7 Å². The summed E-state index contributed by atoms with van der Waals surface area (Å²) in [5, 5.41) is 0. The summed E-state index contributed by atoms with van der Waals surface area (Å²) >= 11 is 1.48. The predicted molar refractivity (Wildman–Crippen MR) is 109 cm³/mol. The molecule has 1 aliphatic heterocycles. The Balaban J connectivity index is 1.66. The highest BCUT2D eigenvalue weighted by atomic mass is 32.2. The number of aryl methyl sites for hydroxylation is 1. The summed E-state index contributed by atoms with van der Waals surface area (Å²) < 4.78 is 27.3. The average molecular weight is 407 g/mol. The number of piperazine rings is 1. The SMILES string of the molecule is CC[C@H](C)c1ccc(S(=O)(=O)N2CCN(C(=O)c3ccc(C)s3)CC2)cc1. The summed E-state index contributed by atoms with van der Waals surface area (Å²) in [6.07, 6.45) is 1.02. The fraction of sp³-hybridized carbons (Fsp3) is 0.450. The van der Waals surface area contributed by atoms with Crippen LogP contribution in [0.3, 0.4) is 0 Å². The zero-order valence-electron chi connectivity index (χ0n) is 16.0. The molecule has 0 aliphatic carbocycles. The van der Waals surface area contributed by atoms with Gasteiger partial charge in [-0.25, -0.2) is 8.42 Å². The van der Waals surface area contributed by atoms with Gasteiger partial charge in [0.15, 0.2) is 0 Å². The molecule has 0 bridgehead atoms. The molecule has 1 atom stereocenters. The minimum atomic E-state index is -3.52. The fourth-order valence-electron chi connectivity index (χ4n) is 3.19. The quantitative estimate of drug-likeness (QED) is 0.760. The van der Waals surface area contributed by atoms with E-state index in [1.54, 1.807) is 17.0 Å². The van der Waals surface area contributed by atoms with Gasteiger partial charge in [-0.15, -0.1) is 11.3 Å². The number of hydrogen-bond acceptors (Lipinski definition) is 4. The van der Waals surface area contributed by atoms with Crippen LogP contribution in [0.1, 0.15) is 46.3 Å². The molecule has 146 valence electrons. The van der Waals surface area contributed by atoms with Crippen LogP contribution in [0.15, 0.2) is 41.3 Å². The number of carbonyl (C=O) groups is 1. The Morgan fingerprint density at radius 1 is 1.07 bits per heavy atom. The minimum Gasteiger partial charge on any atom is -0.335 e. The van der Waals surface area contributed by atoms with Crippen LogP contribution in [0.5, 0.6) is 0 Å². The first-order valence-electron chi connectivity index (χ1n) is 9.28. The van der Waals surface area contributed by atoms with Crippen molar-refractivity contribution in [3.8, 4) is 0 Å². The maximum atomic E-state index is 12.9. The van der Waals surface area contributed by atoms with E-state index in [1.807, 2.05) is 31.2 Å². The third kappa shape index (κ3) is 4.25. The lowest BCUT2D eigenvalue weighted by Gasteiger charge is -2.33. The predicted octanol–water partition coefficient (Wildman–Crippen LogP) is 3.72.